The highest BCUT2D eigenvalue weighted by molar-refractivity contribution is 4.99. The van der Waals surface area contributed by atoms with Crippen LogP contribution >= 0.6 is 0 Å². The average molecular weight is 190 g/mol. The highest BCUT2D eigenvalue weighted by Crippen LogP contribution is 2.42. The third-order valence-corrected chi connectivity index (χ3v) is 2.76. The highest BCUT2D eigenvalue weighted by atomic mass is 16.7. The van der Waals surface area contributed by atoms with Crippen LogP contribution in [0.15, 0.2) is 0 Å². The molecule has 0 saturated carbocycles. The minimum atomic E-state index is -1.69. The first kappa shape index (κ1) is 9.36. The molecule has 0 aliphatic carbocycles. The summed E-state index contributed by atoms with van der Waals surface area (Å²) in [7, 11) is 1.48. The Balaban J connectivity index is 2.17. The van der Waals surface area contributed by atoms with Crippen molar-refractivity contribution in [3.63, 3.8) is 0 Å². The van der Waals surface area contributed by atoms with Crippen molar-refractivity contribution in [1.29, 1.82) is 0 Å². The van der Waals surface area contributed by atoms with Gasteiger partial charge in [0.25, 0.3) is 0 Å². The smallest absolute Gasteiger partial charge is 0.248 e. The Morgan fingerprint density at radius 2 is 2.00 bits per heavy atom. The zero-order valence-electron chi connectivity index (χ0n) is 7.52. The first-order chi connectivity index (χ1) is 6.12. The fourth-order valence-electron chi connectivity index (χ4n) is 1.83. The van der Waals surface area contributed by atoms with Crippen molar-refractivity contribution in [2.75, 3.05) is 20.3 Å². The Hall–Kier alpha value is -0.200. The minimum Gasteiger partial charge on any atom is -0.376 e. The lowest BCUT2D eigenvalue weighted by molar-refractivity contribution is -0.432. The van der Waals surface area contributed by atoms with Gasteiger partial charge in [-0.15, -0.1) is 0 Å². The monoisotopic (exact) mass is 190 g/mol. The molecule has 13 heavy (non-hydrogen) atoms. The molecule has 0 aromatic rings. The molecule has 0 aromatic heterocycles. The molecule has 0 bridgehead atoms. The standard InChI is InChI=1S/C8H14O5/c1-11-6-2-4-13-8(6,10)7(9)3-5-12-7/h6,9-10H,2-5H2,1H3. The van der Waals surface area contributed by atoms with E-state index in [1.54, 1.807) is 0 Å². The highest BCUT2D eigenvalue weighted by Gasteiger charge is 2.63. The number of aliphatic hydroxyl groups is 2. The number of methoxy groups -OCH3 is 1. The third kappa shape index (κ3) is 1.12. The molecular formula is C8H14O5. The maximum absolute atomic E-state index is 10.0. The maximum Gasteiger partial charge on any atom is 0.248 e. The van der Waals surface area contributed by atoms with E-state index in [1.165, 1.54) is 7.11 Å². The first-order valence-corrected chi connectivity index (χ1v) is 4.38. The number of ether oxygens (including phenoxy) is 3. The van der Waals surface area contributed by atoms with Crippen LogP contribution in [0.1, 0.15) is 12.8 Å². The van der Waals surface area contributed by atoms with E-state index in [2.05, 4.69) is 0 Å². The molecule has 2 rings (SSSR count). The zero-order valence-corrected chi connectivity index (χ0v) is 7.52. The predicted molar refractivity (Wildman–Crippen MR) is 41.8 cm³/mol. The largest absolute Gasteiger partial charge is 0.376 e. The van der Waals surface area contributed by atoms with E-state index < -0.39 is 17.7 Å². The lowest BCUT2D eigenvalue weighted by Crippen LogP contribution is -2.66. The van der Waals surface area contributed by atoms with Gasteiger partial charge in [-0.2, -0.15) is 0 Å². The van der Waals surface area contributed by atoms with Gasteiger partial charge < -0.3 is 24.4 Å². The Bertz CT molecular complexity index is 203. The zero-order chi connectivity index (χ0) is 9.53. The molecular weight excluding hydrogens is 176 g/mol. The molecule has 0 aromatic carbocycles. The van der Waals surface area contributed by atoms with Gasteiger partial charge >= 0.3 is 0 Å². The van der Waals surface area contributed by atoms with Crippen LogP contribution in [-0.4, -0.2) is 48.2 Å². The van der Waals surface area contributed by atoms with Crippen LogP contribution in [0.25, 0.3) is 0 Å². The molecule has 2 fully saturated rings. The predicted octanol–water partition coefficient (Wildman–Crippen LogP) is -0.781. The summed E-state index contributed by atoms with van der Waals surface area (Å²) < 4.78 is 15.1. The van der Waals surface area contributed by atoms with Crippen LogP contribution in [0.3, 0.4) is 0 Å². The van der Waals surface area contributed by atoms with Crippen molar-refractivity contribution >= 4 is 0 Å². The van der Waals surface area contributed by atoms with E-state index in [1.807, 2.05) is 0 Å². The second-order valence-corrected chi connectivity index (χ2v) is 3.44. The quantitative estimate of drug-likeness (QED) is 0.598. The molecule has 2 N–H and O–H groups in total. The molecule has 2 heterocycles. The van der Waals surface area contributed by atoms with Crippen molar-refractivity contribution in [3.05, 3.63) is 0 Å². The summed E-state index contributed by atoms with van der Waals surface area (Å²) in [4.78, 5) is 0. The second kappa shape index (κ2) is 2.90. The Morgan fingerprint density at radius 3 is 2.46 bits per heavy atom. The van der Waals surface area contributed by atoms with Gasteiger partial charge in [-0.25, -0.2) is 0 Å². The molecule has 3 unspecified atom stereocenters. The SMILES string of the molecule is COC1CCOC1(O)C1(O)CCO1. The Kier molecular flexibility index (Phi) is 2.08. The van der Waals surface area contributed by atoms with Crippen LogP contribution in [0.4, 0.5) is 0 Å². The van der Waals surface area contributed by atoms with Crippen LogP contribution < -0.4 is 0 Å². The van der Waals surface area contributed by atoms with Crippen molar-refractivity contribution < 1.29 is 24.4 Å². The molecule has 0 amide bonds. The summed E-state index contributed by atoms with van der Waals surface area (Å²) >= 11 is 0. The number of hydrogen-bond donors (Lipinski definition) is 2. The van der Waals surface area contributed by atoms with Gasteiger partial charge in [-0.05, 0) is 0 Å². The Morgan fingerprint density at radius 1 is 1.31 bits per heavy atom. The lowest BCUT2D eigenvalue weighted by Gasteiger charge is -2.47. The summed E-state index contributed by atoms with van der Waals surface area (Å²) in [5.74, 6) is -3.27. The molecule has 2 saturated heterocycles. The number of hydrogen-bond acceptors (Lipinski definition) is 5. The lowest BCUT2D eigenvalue weighted by atomic mass is 9.93. The van der Waals surface area contributed by atoms with Crippen molar-refractivity contribution in [1.82, 2.24) is 0 Å². The van der Waals surface area contributed by atoms with E-state index in [0.29, 0.717) is 26.1 Å². The van der Waals surface area contributed by atoms with Crippen LogP contribution in [0.5, 0.6) is 0 Å². The topological polar surface area (TPSA) is 68.2 Å². The third-order valence-electron chi connectivity index (χ3n) is 2.76. The van der Waals surface area contributed by atoms with Crippen LogP contribution in [0.2, 0.25) is 0 Å². The Labute approximate surface area is 76.2 Å². The fraction of sp³-hybridized carbons (Fsp3) is 1.00. The summed E-state index contributed by atoms with van der Waals surface area (Å²) in [6.45, 7) is 0.819. The molecule has 3 atom stereocenters. The normalized spacial score (nSPS) is 50.5. The van der Waals surface area contributed by atoms with Crippen molar-refractivity contribution in [3.8, 4) is 0 Å². The van der Waals surface area contributed by atoms with E-state index in [4.69, 9.17) is 14.2 Å². The molecule has 5 nitrogen and oxygen atoms in total. The van der Waals surface area contributed by atoms with Gasteiger partial charge in [0.1, 0.15) is 6.10 Å². The first-order valence-electron chi connectivity index (χ1n) is 4.38. The van der Waals surface area contributed by atoms with Gasteiger partial charge in [0.05, 0.1) is 13.2 Å². The van der Waals surface area contributed by atoms with Gasteiger partial charge in [-0.1, -0.05) is 0 Å². The minimum absolute atomic E-state index is 0.376. The van der Waals surface area contributed by atoms with Crippen LogP contribution in [-0.2, 0) is 14.2 Å². The van der Waals surface area contributed by atoms with Gasteiger partial charge in [0, 0.05) is 20.0 Å². The van der Waals surface area contributed by atoms with E-state index in [-0.39, 0.29) is 0 Å². The summed E-state index contributed by atoms with van der Waals surface area (Å²) in [5.41, 5.74) is 0. The fourth-order valence-corrected chi connectivity index (χ4v) is 1.83. The van der Waals surface area contributed by atoms with Gasteiger partial charge in [-0.3, -0.25) is 0 Å². The van der Waals surface area contributed by atoms with Crippen LogP contribution in [0, 0.1) is 0 Å². The van der Waals surface area contributed by atoms with Gasteiger partial charge in [0.15, 0.2) is 0 Å². The summed E-state index contributed by atoms with van der Waals surface area (Å²) in [6, 6.07) is 0. The summed E-state index contributed by atoms with van der Waals surface area (Å²) in [6.07, 6.45) is 0.431. The van der Waals surface area contributed by atoms with Gasteiger partial charge in [0.2, 0.25) is 11.6 Å². The van der Waals surface area contributed by atoms with E-state index >= 15 is 0 Å². The molecule has 0 spiro atoms. The molecule has 0 radical (unpaired) electrons. The molecule has 2 aliphatic heterocycles. The second-order valence-electron chi connectivity index (χ2n) is 3.44. The summed E-state index contributed by atoms with van der Waals surface area (Å²) in [5, 5.41) is 19.8. The molecule has 76 valence electrons. The maximum atomic E-state index is 10.0. The van der Waals surface area contributed by atoms with E-state index in [0.717, 1.165) is 0 Å². The van der Waals surface area contributed by atoms with Crippen molar-refractivity contribution in [2.45, 2.75) is 30.5 Å². The number of rotatable bonds is 2. The average Bonchev–Trinajstić information content (AvgIpc) is 2.44. The van der Waals surface area contributed by atoms with E-state index in [9.17, 15) is 10.2 Å². The van der Waals surface area contributed by atoms with Crippen molar-refractivity contribution in [2.24, 2.45) is 0 Å². The molecule has 5 heteroatoms. The molecule has 2 aliphatic rings.